The van der Waals surface area contributed by atoms with E-state index in [1.54, 1.807) is 36.7 Å². The van der Waals surface area contributed by atoms with E-state index in [0.717, 1.165) is 27.5 Å². The minimum atomic E-state index is -0.292. The van der Waals surface area contributed by atoms with Crippen molar-refractivity contribution in [1.29, 1.82) is 0 Å². The zero-order valence-electron chi connectivity index (χ0n) is 18.1. The van der Waals surface area contributed by atoms with Crippen LogP contribution in [0, 0.1) is 17.9 Å². The van der Waals surface area contributed by atoms with Crippen LogP contribution in [-0.4, -0.2) is 14.5 Å². The SMILES string of the molecule is Fc1ccc(-n2c3ccc(Oc4ccccn4)[c-]c3c3[c-]c(Oc4ccccn4)ccc32)cc1.[Pt+2]. The number of hydrogen-bond acceptors (Lipinski definition) is 4. The van der Waals surface area contributed by atoms with Crippen molar-refractivity contribution in [3.63, 3.8) is 0 Å². The molecule has 0 aliphatic rings. The van der Waals surface area contributed by atoms with Gasteiger partial charge in [-0.25, -0.2) is 14.4 Å². The monoisotopic (exact) mass is 640 g/mol. The van der Waals surface area contributed by atoms with E-state index in [9.17, 15) is 4.39 Å². The molecule has 6 aromatic rings. The Bertz CT molecular complexity index is 1510. The molecule has 0 unspecified atom stereocenters. The van der Waals surface area contributed by atoms with Gasteiger partial charge in [-0.15, -0.1) is 36.4 Å². The normalized spacial score (nSPS) is 10.8. The van der Waals surface area contributed by atoms with Crippen LogP contribution >= 0.6 is 0 Å². The second kappa shape index (κ2) is 9.69. The molecule has 0 N–H and O–H groups in total. The Balaban J connectivity index is 0.00000253. The number of hydrogen-bond donors (Lipinski definition) is 0. The average Bonchev–Trinajstić information content (AvgIpc) is 3.19. The minimum absolute atomic E-state index is 0. The Morgan fingerprint density at radius 2 is 1.14 bits per heavy atom. The van der Waals surface area contributed by atoms with E-state index >= 15 is 0 Å². The van der Waals surface area contributed by atoms with Gasteiger partial charge >= 0.3 is 21.1 Å². The number of aromatic nitrogens is 3. The van der Waals surface area contributed by atoms with E-state index in [-0.39, 0.29) is 26.9 Å². The topological polar surface area (TPSA) is 49.2 Å². The molecule has 0 aliphatic heterocycles. The molecule has 6 rings (SSSR count). The maximum absolute atomic E-state index is 13.6. The maximum atomic E-state index is 13.6. The molecule has 3 aromatic heterocycles. The van der Waals surface area contributed by atoms with Crippen LogP contribution in [0.5, 0.6) is 23.3 Å². The van der Waals surface area contributed by atoms with Crippen LogP contribution in [0.15, 0.2) is 97.3 Å². The van der Waals surface area contributed by atoms with E-state index in [0.29, 0.717) is 23.3 Å². The van der Waals surface area contributed by atoms with Gasteiger partial charge in [0.05, 0.1) is 0 Å². The second-order valence-corrected chi connectivity index (χ2v) is 7.52. The van der Waals surface area contributed by atoms with E-state index in [1.165, 1.54) is 12.1 Å². The van der Waals surface area contributed by atoms with Gasteiger partial charge in [-0.05, 0) is 36.4 Å². The van der Waals surface area contributed by atoms with E-state index in [1.807, 2.05) is 53.1 Å². The van der Waals surface area contributed by atoms with Crippen LogP contribution in [-0.2, 0) is 21.1 Å². The summed E-state index contributed by atoms with van der Waals surface area (Å²) in [4.78, 5) is 8.44. The van der Waals surface area contributed by atoms with E-state index in [2.05, 4.69) is 22.1 Å². The quantitative estimate of drug-likeness (QED) is 0.193. The number of halogens is 1. The minimum Gasteiger partial charge on any atom is -0.460 e. The summed E-state index contributed by atoms with van der Waals surface area (Å²) in [6.07, 6.45) is 3.34. The maximum Gasteiger partial charge on any atom is 2.00 e. The Morgan fingerprint density at radius 1 is 0.629 bits per heavy atom. The third-order valence-electron chi connectivity index (χ3n) is 5.32. The number of rotatable bonds is 5. The first-order valence-corrected chi connectivity index (χ1v) is 10.6. The predicted molar refractivity (Wildman–Crippen MR) is 127 cm³/mol. The fourth-order valence-corrected chi connectivity index (χ4v) is 3.84. The number of nitrogens with zero attached hydrogens (tertiary/aromatic N) is 3. The van der Waals surface area contributed by atoms with Crippen LogP contribution in [0.2, 0.25) is 0 Å². The number of pyridine rings is 2. The molecule has 0 aliphatic carbocycles. The molecule has 7 heteroatoms. The van der Waals surface area contributed by atoms with Gasteiger partial charge in [0.1, 0.15) is 5.82 Å². The van der Waals surface area contributed by atoms with Crippen LogP contribution in [0.1, 0.15) is 0 Å². The zero-order chi connectivity index (χ0) is 22.9. The van der Waals surface area contributed by atoms with Crippen molar-refractivity contribution in [2.45, 2.75) is 0 Å². The van der Waals surface area contributed by atoms with Crippen molar-refractivity contribution in [1.82, 2.24) is 14.5 Å². The summed E-state index contributed by atoms with van der Waals surface area (Å²) in [5, 5.41) is 1.58. The van der Waals surface area contributed by atoms with Gasteiger partial charge in [0.2, 0.25) is 11.8 Å². The van der Waals surface area contributed by atoms with Crippen LogP contribution in [0.4, 0.5) is 4.39 Å². The van der Waals surface area contributed by atoms with Crippen molar-refractivity contribution >= 4 is 21.8 Å². The average molecular weight is 641 g/mol. The smallest absolute Gasteiger partial charge is 0.460 e. The van der Waals surface area contributed by atoms with Gasteiger partial charge in [-0.2, -0.15) is 10.8 Å². The largest absolute Gasteiger partial charge is 2.00 e. The van der Waals surface area contributed by atoms with Gasteiger partial charge in [0.25, 0.3) is 0 Å². The van der Waals surface area contributed by atoms with Crippen LogP contribution in [0.3, 0.4) is 0 Å². The molecular formula is C28H16FN3O2Pt. The summed E-state index contributed by atoms with van der Waals surface area (Å²) in [7, 11) is 0. The summed E-state index contributed by atoms with van der Waals surface area (Å²) in [6, 6.07) is 31.6. The fraction of sp³-hybridized carbons (Fsp3) is 0. The van der Waals surface area contributed by atoms with Crippen LogP contribution in [0.25, 0.3) is 27.5 Å². The first kappa shape index (κ1) is 22.8. The molecule has 0 saturated heterocycles. The van der Waals surface area contributed by atoms with Crippen molar-refractivity contribution in [2.75, 3.05) is 0 Å². The summed E-state index contributed by atoms with van der Waals surface area (Å²) in [6.45, 7) is 0. The summed E-state index contributed by atoms with van der Waals surface area (Å²) >= 11 is 0. The first-order chi connectivity index (χ1) is 16.7. The molecule has 0 atom stereocenters. The van der Waals surface area contributed by atoms with Crippen molar-refractivity contribution in [2.24, 2.45) is 0 Å². The number of benzene rings is 3. The van der Waals surface area contributed by atoms with Gasteiger partial charge in [-0.3, -0.25) is 0 Å². The van der Waals surface area contributed by atoms with Gasteiger partial charge in [-0.1, -0.05) is 23.2 Å². The number of fused-ring (bicyclic) bond motifs is 3. The summed E-state index contributed by atoms with van der Waals surface area (Å²) in [5.41, 5.74) is 2.57. The Hall–Kier alpha value is -4.02. The van der Waals surface area contributed by atoms with E-state index < -0.39 is 0 Å². The Kier molecular flexibility index (Phi) is 6.30. The molecule has 3 heterocycles. The van der Waals surface area contributed by atoms with E-state index in [4.69, 9.17) is 9.47 Å². The second-order valence-electron chi connectivity index (χ2n) is 7.52. The fourth-order valence-electron chi connectivity index (χ4n) is 3.84. The first-order valence-electron chi connectivity index (χ1n) is 10.6. The third-order valence-corrected chi connectivity index (χ3v) is 5.32. The molecule has 172 valence electrons. The van der Waals surface area contributed by atoms with Gasteiger partial charge in [0.15, 0.2) is 0 Å². The molecule has 0 fully saturated rings. The van der Waals surface area contributed by atoms with Crippen molar-refractivity contribution in [3.05, 3.63) is 115 Å². The molecule has 0 spiro atoms. The third kappa shape index (κ3) is 4.53. The standard InChI is InChI=1S/C28H16FN3O2.Pt/c29-19-7-9-20(10-8-19)32-25-13-11-21(33-27-5-1-3-15-30-27)17-23(25)24-18-22(12-14-26(24)32)34-28-6-2-4-16-31-28;/h1-16H;/q-2;+2. The number of ether oxygens (including phenoxy) is 2. The summed E-state index contributed by atoms with van der Waals surface area (Å²) in [5.74, 6) is 1.70. The van der Waals surface area contributed by atoms with Gasteiger partial charge in [0, 0.05) is 41.7 Å². The molecule has 0 amide bonds. The Labute approximate surface area is 215 Å². The van der Waals surface area contributed by atoms with Crippen molar-refractivity contribution < 1.29 is 34.9 Å². The molecule has 3 aromatic carbocycles. The molecular weight excluding hydrogens is 624 g/mol. The molecule has 35 heavy (non-hydrogen) atoms. The molecule has 5 nitrogen and oxygen atoms in total. The molecule has 0 bridgehead atoms. The van der Waals surface area contributed by atoms with Crippen LogP contribution < -0.4 is 9.47 Å². The van der Waals surface area contributed by atoms with Gasteiger partial charge < -0.3 is 14.0 Å². The molecule has 0 saturated carbocycles. The predicted octanol–water partition coefficient (Wildman–Crippen LogP) is 6.90. The summed E-state index contributed by atoms with van der Waals surface area (Å²) < 4.78 is 27.5. The zero-order valence-corrected chi connectivity index (χ0v) is 20.4. The molecule has 0 radical (unpaired) electrons. The van der Waals surface area contributed by atoms with Crippen molar-refractivity contribution in [3.8, 4) is 28.9 Å². The Morgan fingerprint density at radius 3 is 1.60 bits per heavy atom.